The number of sulfone groups is 1. The average molecular weight is 304 g/mol. The minimum absolute atomic E-state index is 0.0368. The molecule has 0 bridgehead atoms. The Balaban J connectivity index is 2.15. The van der Waals surface area contributed by atoms with Gasteiger partial charge in [0.15, 0.2) is 9.84 Å². The van der Waals surface area contributed by atoms with Crippen molar-refractivity contribution in [3.8, 4) is 6.07 Å². The van der Waals surface area contributed by atoms with Crippen LogP contribution in [0.1, 0.15) is 11.1 Å². The number of halogens is 1. The van der Waals surface area contributed by atoms with Gasteiger partial charge in [0.1, 0.15) is 17.4 Å². The number of hydrogen-bond acceptors (Lipinski definition) is 4. The summed E-state index contributed by atoms with van der Waals surface area (Å²) in [5, 5.41) is 11.9. The molecule has 0 fully saturated rings. The van der Waals surface area contributed by atoms with Gasteiger partial charge in [-0.15, -0.1) is 0 Å². The smallest absolute Gasteiger partial charge is 0.175 e. The lowest BCUT2D eigenvalue weighted by molar-refractivity contribution is 0.602. The van der Waals surface area contributed by atoms with E-state index in [1.165, 1.54) is 24.3 Å². The van der Waals surface area contributed by atoms with Crippen molar-refractivity contribution in [1.29, 1.82) is 5.26 Å². The van der Waals surface area contributed by atoms with Gasteiger partial charge in [0.25, 0.3) is 0 Å². The molecule has 2 aromatic rings. The van der Waals surface area contributed by atoms with Crippen molar-refractivity contribution in [2.75, 3.05) is 11.6 Å². The van der Waals surface area contributed by atoms with Crippen LogP contribution in [0.2, 0.25) is 0 Å². The van der Waals surface area contributed by atoms with Crippen LogP contribution in [0.25, 0.3) is 0 Å². The molecular weight excluding hydrogens is 291 g/mol. The third-order valence-corrected chi connectivity index (χ3v) is 4.09. The van der Waals surface area contributed by atoms with Gasteiger partial charge in [-0.25, -0.2) is 12.8 Å². The molecule has 4 nitrogen and oxygen atoms in total. The number of nitriles is 1. The summed E-state index contributed by atoms with van der Waals surface area (Å²) in [5.74, 6) is -0.574. The fourth-order valence-electron chi connectivity index (χ4n) is 1.84. The number of rotatable bonds is 4. The van der Waals surface area contributed by atoms with Crippen LogP contribution in [-0.2, 0) is 16.4 Å². The van der Waals surface area contributed by atoms with Crippen molar-refractivity contribution in [3.63, 3.8) is 0 Å². The highest BCUT2D eigenvalue weighted by Crippen LogP contribution is 2.19. The Morgan fingerprint density at radius 2 is 1.86 bits per heavy atom. The first-order valence-corrected chi connectivity index (χ1v) is 8.02. The summed E-state index contributed by atoms with van der Waals surface area (Å²) in [6, 6.07) is 12.6. The molecule has 0 saturated heterocycles. The molecule has 0 atom stereocenters. The third-order valence-electron chi connectivity index (χ3n) is 2.96. The van der Waals surface area contributed by atoms with E-state index in [0.29, 0.717) is 12.2 Å². The van der Waals surface area contributed by atoms with Crippen LogP contribution in [0.15, 0.2) is 47.4 Å². The van der Waals surface area contributed by atoms with Gasteiger partial charge in [0.2, 0.25) is 0 Å². The largest absolute Gasteiger partial charge is 0.380 e. The Bertz CT molecular complexity index is 793. The van der Waals surface area contributed by atoms with E-state index in [0.717, 1.165) is 11.8 Å². The first-order chi connectivity index (χ1) is 9.91. The molecule has 0 aliphatic rings. The van der Waals surface area contributed by atoms with Crippen LogP contribution >= 0.6 is 0 Å². The Labute approximate surface area is 122 Å². The van der Waals surface area contributed by atoms with Crippen LogP contribution in [0.5, 0.6) is 0 Å². The fraction of sp³-hybridized carbons (Fsp3) is 0.133. The molecule has 2 aromatic carbocycles. The molecule has 0 spiro atoms. The Kier molecular flexibility index (Phi) is 4.24. The Hall–Kier alpha value is -2.39. The molecule has 6 heteroatoms. The van der Waals surface area contributed by atoms with E-state index in [1.54, 1.807) is 18.2 Å². The van der Waals surface area contributed by atoms with Gasteiger partial charge in [-0.1, -0.05) is 18.2 Å². The quantitative estimate of drug-likeness (QED) is 0.943. The Morgan fingerprint density at radius 1 is 1.19 bits per heavy atom. The highest BCUT2D eigenvalue weighted by Gasteiger charge is 2.08. The van der Waals surface area contributed by atoms with Gasteiger partial charge >= 0.3 is 0 Å². The molecule has 0 radical (unpaired) electrons. The predicted octanol–water partition coefficient (Wildman–Crippen LogP) is 2.71. The molecule has 21 heavy (non-hydrogen) atoms. The highest BCUT2D eigenvalue weighted by atomic mass is 32.2. The van der Waals surface area contributed by atoms with E-state index in [9.17, 15) is 12.8 Å². The number of nitrogens with one attached hydrogen (secondary N) is 1. The maximum absolute atomic E-state index is 13.4. The average Bonchev–Trinajstić information content (AvgIpc) is 2.44. The van der Waals surface area contributed by atoms with Gasteiger partial charge in [-0.3, -0.25) is 0 Å². The molecule has 1 N–H and O–H groups in total. The first-order valence-electron chi connectivity index (χ1n) is 6.13. The van der Waals surface area contributed by atoms with E-state index in [4.69, 9.17) is 5.26 Å². The zero-order chi connectivity index (χ0) is 15.5. The van der Waals surface area contributed by atoms with Gasteiger partial charge in [0, 0.05) is 12.8 Å². The van der Waals surface area contributed by atoms with Crippen LogP contribution in [0.4, 0.5) is 10.1 Å². The van der Waals surface area contributed by atoms with Gasteiger partial charge < -0.3 is 5.32 Å². The second kappa shape index (κ2) is 5.94. The van der Waals surface area contributed by atoms with E-state index in [-0.39, 0.29) is 10.5 Å². The van der Waals surface area contributed by atoms with E-state index in [2.05, 4.69) is 5.32 Å². The summed E-state index contributed by atoms with van der Waals surface area (Å²) >= 11 is 0. The van der Waals surface area contributed by atoms with Crippen molar-refractivity contribution in [2.24, 2.45) is 0 Å². The second-order valence-corrected chi connectivity index (χ2v) is 6.56. The highest BCUT2D eigenvalue weighted by molar-refractivity contribution is 7.90. The predicted molar refractivity (Wildman–Crippen MR) is 78.0 cm³/mol. The van der Waals surface area contributed by atoms with Crippen molar-refractivity contribution >= 4 is 15.5 Å². The van der Waals surface area contributed by atoms with Crippen LogP contribution in [0, 0.1) is 17.1 Å². The lowest BCUT2D eigenvalue weighted by atomic mass is 10.1. The topological polar surface area (TPSA) is 70.0 Å². The number of anilines is 1. The molecule has 0 heterocycles. The molecular formula is C15H13FN2O2S. The number of hydrogen-bond donors (Lipinski definition) is 1. The summed E-state index contributed by atoms with van der Waals surface area (Å²) in [6.45, 7) is 0.363. The van der Waals surface area contributed by atoms with Crippen LogP contribution < -0.4 is 5.32 Å². The van der Waals surface area contributed by atoms with Crippen molar-refractivity contribution in [1.82, 2.24) is 0 Å². The minimum Gasteiger partial charge on any atom is -0.380 e. The summed E-state index contributed by atoms with van der Waals surface area (Å²) in [7, 11) is -3.22. The SMILES string of the molecule is CS(=O)(=O)c1ccc(CNc2cccc(F)c2C#N)cc1. The Morgan fingerprint density at radius 3 is 2.43 bits per heavy atom. The lowest BCUT2D eigenvalue weighted by Gasteiger charge is -2.09. The minimum atomic E-state index is -3.22. The van der Waals surface area contributed by atoms with Crippen LogP contribution in [-0.4, -0.2) is 14.7 Å². The lowest BCUT2D eigenvalue weighted by Crippen LogP contribution is -2.03. The molecule has 2 rings (SSSR count). The molecule has 0 aliphatic heterocycles. The number of nitrogens with zero attached hydrogens (tertiary/aromatic N) is 1. The molecule has 108 valence electrons. The first kappa shape index (κ1) is 15.0. The summed E-state index contributed by atoms with van der Waals surface area (Å²) < 4.78 is 36.1. The maximum Gasteiger partial charge on any atom is 0.175 e. The summed E-state index contributed by atoms with van der Waals surface area (Å²) in [4.78, 5) is 0.245. The standard InChI is InChI=1S/C15H13FN2O2S/c1-21(19,20)12-7-5-11(6-8-12)10-18-15-4-2-3-14(16)13(15)9-17/h2-8,18H,10H2,1H3. The van der Waals surface area contributed by atoms with Crippen molar-refractivity contribution in [3.05, 3.63) is 59.4 Å². The molecule has 0 amide bonds. The van der Waals surface area contributed by atoms with Gasteiger partial charge in [-0.05, 0) is 29.8 Å². The van der Waals surface area contributed by atoms with Gasteiger partial charge in [0.05, 0.1) is 10.6 Å². The second-order valence-electron chi connectivity index (χ2n) is 4.54. The molecule has 0 saturated carbocycles. The zero-order valence-corrected chi connectivity index (χ0v) is 12.1. The monoisotopic (exact) mass is 304 g/mol. The van der Waals surface area contributed by atoms with Crippen LogP contribution in [0.3, 0.4) is 0 Å². The van der Waals surface area contributed by atoms with Gasteiger partial charge in [-0.2, -0.15) is 5.26 Å². The van der Waals surface area contributed by atoms with E-state index < -0.39 is 15.7 Å². The normalized spacial score (nSPS) is 10.9. The molecule has 0 aliphatic carbocycles. The molecule has 0 aromatic heterocycles. The van der Waals surface area contributed by atoms with Crippen molar-refractivity contribution < 1.29 is 12.8 Å². The van der Waals surface area contributed by atoms with E-state index >= 15 is 0 Å². The number of benzene rings is 2. The van der Waals surface area contributed by atoms with E-state index in [1.807, 2.05) is 6.07 Å². The summed E-state index contributed by atoms with van der Waals surface area (Å²) in [6.07, 6.45) is 1.15. The summed E-state index contributed by atoms with van der Waals surface area (Å²) in [5.41, 5.74) is 1.20. The molecule has 0 unspecified atom stereocenters. The van der Waals surface area contributed by atoms with Crippen molar-refractivity contribution in [2.45, 2.75) is 11.4 Å². The third kappa shape index (κ3) is 3.58. The zero-order valence-electron chi connectivity index (χ0n) is 11.3. The fourth-order valence-corrected chi connectivity index (χ4v) is 2.47. The maximum atomic E-state index is 13.4.